The SMILES string of the molecule is CCCCC(CC)CN1C(=O)/C(=C\c2c(N3CCC(C(N)=O)CC3)nc3ccccn3c2=O)SC1=S. The minimum atomic E-state index is -0.297. The standard InChI is InChI=1S/C26H33N5O3S2/c1-3-5-8-17(4-2)16-31-25(34)20(36-26(31)35)15-19-23(29-13-10-18(11-14-29)22(27)32)28-21-9-6-7-12-30(21)24(19)33/h6-7,9,12,15,17-18H,3-5,8,10-11,13-14,16H2,1-2H3,(H2,27,32)/b20-15+. The van der Waals surface area contributed by atoms with Crippen LogP contribution < -0.4 is 16.2 Å². The predicted octanol–water partition coefficient (Wildman–Crippen LogP) is 3.81. The first-order valence-electron chi connectivity index (χ1n) is 12.6. The van der Waals surface area contributed by atoms with Crippen LogP contribution in [0.4, 0.5) is 5.82 Å². The molecule has 4 rings (SSSR count). The summed E-state index contributed by atoms with van der Waals surface area (Å²) >= 11 is 6.81. The number of thioether (sulfide) groups is 1. The molecule has 2 amide bonds. The van der Waals surface area contributed by atoms with Crippen molar-refractivity contribution in [3.05, 3.63) is 45.2 Å². The van der Waals surface area contributed by atoms with Gasteiger partial charge >= 0.3 is 0 Å². The van der Waals surface area contributed by atoms with Gasteiger partial charge in [-0.3, -0.25) is 23.7 Å². The molecule has 0 aromatic carbocycles. The van der Waals surface area contributed by atoms with Crippen LogP contribution in [0.2, 0.25) is 0 Å². The van der Waals surface area contributed by atoms with Crippen molar-refractivity contribution in [2.45, 2.75) is 52.4 Å². The number of carbonyl (C=O) groups excluding carboxylic acids is 2. The molecule has 192 valence electrons. The first kappa shape index (κ1) is 26.3. The van der Waals surface area contributed by atoms with Gasteiger partial charge in [0, 0.05) is 31.7 Å². The number of aromatic nitrogens is 2. The van der Waals surface area contributed by atoms with E-state index in [4.69, 9.17) is 22.9 Å². The molecule has 0 saturated carbocycles. The highest BCUT2D eigenvalue weighted by Gasteiger charge is 2.34. The first-order valence-corrected chi connectivity index (χ1v) is 13.9. The number of primary amides is 1. The van der Waals surface area contributed by atoms with Gasteiger partial charge in [0.1, 0.15) is 15.8 Å². The molecule has 2 N–H and O–H groups in total. The Morgan fingerprint density at radius 3 is 2.69 bits per heavy atom. The van der Waals surface area contributed by atoms with Crippen molar-refractivity contribution < 1.29 is 9.59 Å². The van der Waals surface area contributed by atoms with E-state index in [2.05, 4.69) is 13.8 Å². The van der Waals surface area contributed by atoms with Crippen LogP contribution in [0.5, 0.6) is 0 Å². The van der Waals surface area contributed by atoms with E-state index in [1.165, 1.54) is 16.2 Å². The Balaban J connectivity index is 1.69. The highest BCUT2D eigenvalue weighted by atomic mass is 32.2. The molecule has 0 spiro atoms. The molecule has 2 fully saturated rings. The molecule has 2 aromatic rings. The summed E-state index contributed by atoms with van der Waals surface area (Å²) in [5, 5.41) is 0. The summed E-state index contributed by atoms with van der Waals surface area (Å²) in [7, 11) is 0. The summed E-state index contributed by atoms with van der Waals surface area (Å²) in [6.07, 6.45) is 8.81. The van der Waals surface area contributed by atoms with Gasteiger partial charge in [0.25, 0.3) is 11.5 Å². The van der Waals surface area contributed by atoms with Crippen molar-refractivity contribution in [3.8, 4) is 0 Å². The summed E-state index contributed by atoms with van der Waals surface area (Å²) in [4.78, 5) is 47.5. The molecule has 1 atom stereocenters. The predicted molar refractivity (Wildman–Crippen MR) is 149 cm³/mol. The number of thiocarbonyl (C=S) groups is 1. The molecule has 2 saturated heterocycles. The van der Waals surface area contributed by atoms with E-state index in [0.717, 1.165) is 25.7 Å². The Labute approximate surface area is 220 Å². The molecule has 0 radical (unpaired) electrons. The third kappa shape index (κ3) is 5.49. The second kappa shape index (κ2) is 11.6. The molecule has 2 aliphatic rings. The van der Waals surface area contributed by atoms with E-state index in [1.54, 1.807) is 29.3 Å². The van der Waals surface area contributed by atoms with Crippen LogP contribution in [0.1, 0.15) is 57.9 Å². The fourth-order valence-corrected chi connectivity index (χ4v) is 6.06. The van der Waals surface area contributed by atoms with E-state index in [0.29, 0.717) is 64.6 Å². The van der Waals surface area contributed by atoms with Gasteiger partial charge in [0.05, 0.1) is 10.5 Å². The summed E-state index contributed by atoms with van der Waals surface area (Å²) < 4.78 is 2.02. The molecule has 0 bridgehead atoms. The fraction of sp³-hybridized carbons (Fsp3) is 0.500. The zero-order valence-corrected chi connectivity index (χ0v) is 22.4. The number of piperidine rings is 1. The Kier molecular flexibility index (Phi) is 8.46. The molecule has 1 unspecified atom stereocenters. The van der Waals surface area contributed by atoms with Crippen molar-refractivity contribution in [3.63, 3.8) is 0 Å². The molecular formula is C26H33N5O3S2. The summed E-state index contributed by atoms with van der Waals surface area (Å²) in [6.45, 7) is 6.02. The van der Waals surface area contributed by atoms with E-state index < -0.39 is 0 Å². The Bertz CT molecular complexity index is 1250. The lowest BCUT2D eigenvalue weighted by Gasteiger charge is -2.32. The number of pyridine rings is 1. The molecule has 2 aromatic heterocycles. The Morgan fingerprint density at radius 2 is 2.03 bits per heavy atom. The first-order chi connectivity index (χ1) is 17.3. The van der Waals surface area contributed by atoms with Crippen LogP contribution in [0.3, 0.4) is 0 Å². The van der Waals surface area contributed by atoms with Crippen LogP contribution >= 0.6 is 24.0 Å². The monoisotopic (exact) mass is 527 g/mol. The van der Waals surface area contributed by atoms with Gasteiger partial charge < -0.3 is 10.6 Å². The number of amides is 2. The molecule has 8 nitrogen and oxygen atoms in total. The van der Waals surface area contributed by atoms with Gasteiger partial charge in [0.2, 0.25) is 5.91 Å². The van der Waals surface area contributed by atoms with Crippen LogP contribution in [0.15, 0.2) is 34.1 Å². The Hall–Kier alpha value is -2.72. The van der Waals surface area contributed by atoms with E-state index in [1.807, 2.05) is 11.0 Å². The van der Waals surface area contributed by atoms with Crippen molar-refractivity contribution in [1.82, 2.24) is 14.3 Å². The number of nitrogens with two attached hydrogens (primary N) is 1. The molecule has 4 heterocycles. The maximum Gasteiger partial charge on any atom is 0.267 e. The maximum atomic E-state index is 13.6. The van der Waals surface area contributed by atoms with E-state index in [9.17, 15) is 14.4 Å². The molecule has 36 heavy (non-hydrogen) atoms. The normalized spacial score (nSPS) is 19.0. The average molecular weight is 528 g/mol. The summed E-state index contributed by atoms with van der Waals surface area (Å²) in [5.41, 5.74) is 6.15. The van der Waals surface area contributed by atoms with Crippen LogP contribution in [0.25, 0.3) is 11.7 Å². The lowest BCUT2D eigenvalue weighted by Crippen LogP contribution is -2.40. The zero-order valence-electron chi connectivity index (χ0n) is 20.8. The number of nitrogens with zero attached hydrogens (tertiary/aromatic N) is 4. The van der Waals surface area contributed by atoms with Crippen molar-refractivity contribution in [1.29, 1.82) is 0 Å². The van der Waals surface area contributed by atoms with Crippen molar-refractivity contribution in [2.24, 2.45) is 17.6 Å². The van der Waals surface area contributed by atoms with Gasteiger partial charge in [0.15, 0.2) is 0 Å². The van der Waals surface area contributed by atoms with E-state index >= 15 is 0 Å². The number of carbonyl (C=O) groups is 2. The van der Waals surface area contributed by atoms with Crippen molar-refractivity contribution in [2.75, 3.05) is 24.5 Å². The van der Waals surface area contributed by atoms with Crippen molar-refractivity contribution >= 4 is 57.7 Å². The minimum absolute atomic E-state index is 0.157. The van der Waals surface area contributed by atoms with E-state index in [-0.39, 0.29) is 23.3 Å². The van der Waals surface area contributed by atoms with Crippen LogP contribution in [-0.2, 0) is 9.59 Å². The fourth-order valence-electron chi connectivity index (χ4n) is 4.80. The van der Waals surface area contributed by atoms with Gasteiger partial charge in [-0.25, -0.2) is 4.98 Å². The minimum Gasteiger partial charge on any atom is -0.369 e. The number of fused-ring (bicyclic) bond motifs is 1. The number of rotatable bonds is 9. The second-order valence-corrected chi connectivity index (χ2v) is 11.1. The van der Waals surface area contributed by atoms with Crippen LogP contribution in [0, 0.1) is 11.8 Å². The van der Waals surface area contributed by atoms with Gasteiger partial charge in [-0.2, -0.15) is 0 Å². The molecular weight excluding hydrogens is 494 g/mol. The van der Waals surface area contributed by atoms with Crippen LogP contribution in [-0.4, -0.2) is 50.1 Å². The zero-order chi connectivity index (χ0) is 25.8. The Morgan fingerprint density at radius 1 is 1.28 bits per heavy atom. The molecule has 0 aliphatic carbocycles. The largest absolute Gasteiger partial charge is 0.369 e. The third-order valence-corrected chi connectivity index (χ3v) is 8.46. The third-order valence-electron chi connectivity index (χ3n) is 7.08. The van der Waals surface area contributed by atoms with Gasteiger partial charge in [-0.05, 0) is 43.4 Å². The average Bonchev–Trinajstić information content (AvgIpc) is 3.15. The molecule has 10 heteroatoms. The smallest absolute Gasteiger partial charge is 0.267 e. The number of hydrogen-bond donors (Lipinski definition) is 1. The number of unbranched alkanes of at least 4 members (excludes halogenated alkanes) is 1. The number of hydrogen-bond acceptors (Lipinski definition) is 7. The number of anilines is 1. The highest BCUT2D eigenvalue weighted by Crippen LogP contribution is 2.35. The van der Waals surface area contributed by atoms with Gasteiger partial charge in [-0.15, -0.1) is 0 Å². The molecule has 2 aliphatic heterocycles. The highest BCUT2D eigenvalue weighted by molar-refractivity contribution is 8.26. The van der Waals surface area contributed by atoms with Gasteiger partial charge in [-0.1, -0.05) is 63.2 Å². The summed E-state index contributed by atoms with van der Waals surface area (Å²) in [6, 6.07) is 5.39. The quantitative estimate of drug-likeness (QED) is 0.391. The summed E-state index contributed by atoms with van der Waals surface area (Å²) in [5.74, 6) is 0.280. The topological polar surface area (TPSA) is 101 Å². The lowest BCUT2D eigenvalue weighted by molar-refractivity contribution is -0.123. The lowest BCUT2D eigenvalue weighted by atomic mass is 9.96. The second-order valence-electron chi connectivity index (χ2n) is 9.46. The maximum absolute atomic E-state index is 13.6.